The molecule has 3 aliphatic rings. The molecule has 1 aliphatic carbocycles. The summed E-state index contributed by atoms with van der Waals surface area (Å²) in [6.45, 7) is 7.70. The van der Waals surface area contributed by atoms with Gasteiger partial charge in [-0.1, -0.05) is 19.8 Å². The van der Waals surface area contributed by atoms with Crippen LogP contribution in [0.15, 0.2) is 24.8 Å². The third kappa shape index (κ3) is 3.39. The monoisotopic (exact) mass is 446 g/mol. The van der Waals surface area contributed by atoms with Crippen molar-refractivity contribution in [3.8, 4) is 5.69 Å². The van der Waals surface area contributed by atoms with Gasteiger partial charge in [-0.05, 0) is 26.2 Å². The fourth-order valence-electron chi connectivity index (χ4n) is 5.60. The summed E-state index contributed by atoms with van der Waals surface area (Å²) in [5, 5.41) is 8.98. The van der Waals surface area contributed by atoms with Crippen molar-refractivity contribution in [2.75, 3.05) is 40.9 Å². The van der Waals surface area contributed by atoms with Crippen molar-refractivity contribution in [3.63, 3.8) is 0 Å². The van der Waals surface area contributed by atoms with Crippen molar-refractivity contribution >= 4 is 17.6 Å². The summed E-state index contributed by atoms with van der Waals surface area (Å²) >= 11 is 0. The van der Waals surface area contributed by atoms with Crippen molar-refractivity contribution in [3.05, 3.63) is 36.4 Å². The zero-order valence-corrected chi connectivity index (χ0v) is 19.3. The number of rotatable bonds is 4. The van der Waals surface area contributed by atoms with Gasteiger partial charge in [-0.15, -0.1) is 10.2 Å². The van der Waals surface area contributed by atoms with Gasteiger partial charge in [0.25, 0.3) is 0 Å². The van der Waals surface area contributed by atoms with Crippen LogP contribution in [0.5, 0.6) is 0 Å². The van der Waals surface area contributed by atoms with Crippen LogP contribution in [0.2, 0.25) is 0 Å². The van der Waals surface area contributed by atoms with Crippen molar-refractivity contribution in [1.29, 1.82) is 0 Å². The molecule has 3 aromatic heterocycles. The summed E-state index contributed by atoms with van der Waals surface area (Å²) in [6, 6.07) is 0.689. The molecule has 0 spiro atoms. The maximum atomic E-state index is 5.20. The Labute approximate surface area is 193 Å². The molecule has 0 radical (unpaired) electrons. The highest BCUT2D eigenvalue weighted by molar-refractivity contribution is 5.64. The molecule has 1 saturated carbocycles. The van der Waals surface area contributed by atoms with Crippen molar-refractivity contribution < 1.29 is 0 Å². The van der Waals surface area contributed by atoms with Gasteiger partial charge < -0.3 is 14.7 Å². The highest BCUT2D eigenvalue weighted by Crippen LogP contribution is 2.43. The normalized spacial score (nSPS) is 20.8. The van der Waals surface area contributed by atoms with Gasteiger partial charge in [-0.2, -0.15) is 4.98 Å². The van der Waals surface area contributed by atoms with E-state index in [1.54, 1.807) is 12.4 Å². The third-order valence-electron chi connectivity index (χ3n) is 7.25. The van der Waals surface area contributed by atoms with Gasteiger partial charge in [0.15, 0.2) is 11.6 Å². The first-order chi connectivity index (χ1) is 16.2. The molecule has 2 fully saturated rings. The lowest BCUT2D eigenvalue weighted by Gasteiger charge is -2.42. The van der Waals surface area contributed by atoms with E-state index in [0.717, 1.165) is 67.5 Å². The maximum Gasteiger partial charge on any atom is 0.227 e. The average Bonchev–Trinajstić information content (AvgIpc) is 3.54. The summed E-state index contributed by atoms with van der Waals surface area (Å²) in [7, 11) is 0. The molecule has 0 N–H and O–H groups in total. The Hall–Kier alpha value is -3.30. The number of nitrogens with zero attached hydrogens (tertiary/aromatic N) is 10. The van der Waals surface area contributed by atoms with Gasteiger partial charge >= 0.3 is 0 Å². The van der Waals surface area contributed by atoms with E-state index in [9.17, 15) is 0 Å². The van der Waals surface area contributed by atoms with E-state index in [0.29, 0.717) is 6.04 Å². The molecule has 2 aliphatic heterocycles. The van der Waals surface area contributed by atoms with Gasteiger partial charge in [0.2, 0.25) is 5.95 Å². The Bertz CT molecular complexity index is 1120. The predicted octanol–water partition coefficient (Wildman–Crippen LogP) is 2.70. The van der Waals surface area contributed by atoms with E-state index in [1.807, 2.05) is 19.3 Å². The van der Waals surface area contributed by atoms with Crippen LogP contribution in [0.25, 0.3) is 5.69 Å². The number of piperazine rings is 1. The van der Waals surface area contributed by atoms with E-state index in [-0.39, 0.29) is 6.04 Å². The zero-order valence-electron chi connectivity index (χ0n) is 19.3. The van der Waals surface area contributed by atoms with Gasteiger partial charge in [-0.3, -0.25) is 9.55 Å². The van der Waals surface area contributed by atoms with E-state index >= 15 is 0 Å². The molecular weight excluding hydrogens is 416 g/mol. The second-order valence-electron chi connectivity index (χ2n) is 9.13. The number of fused-ring (bicyclic) bond motifs is 3. The third-order valence-corrected chi connectivity index (χ3v) is 7.25. The molecule has 6 rings (SSSR count). The van der Waals surface area contributed by atoms with E-state index < -0.39 is 0 Å². The molecular formula is C23H30N10. The van der Waals surface area contributed by atoms with Crippen molar-refractivity contribution in [2.24, 2.45) is 0 Å². The molecule has 1 saturated heterocycles. The summed E-state index contributed by atoms with van der Waals surface area (Å²) < 4.78 is 2.16. The number of anilines is 3. The van der Waals surface area contributed by atoms with E-state index in [4.69, 9.17) is 9.97 Å². The largest absolute Gasteiger partial charge is 0.352 e. The minimum Gasteiger partial charge on any atom is -0.352 e. The van der Waals surface area contributed by atoms with Crippen LogP contribution in [0.1, 0.15) is 56.7 Å². The molecule has 172 valence electrons. The fourth-order valence-corrected chi connectivity index (χ4v) is 5.60. The zero-order chi connectivity index (χ0) is 22.4. The van der Waals surface area contributed by atoms with Gasteiger partial charge in [-0.25, -0.2) is 9.97 Å². The molecule has 10 nitrogen and oxygen atoms in total. The topological polar surface area (TPSA) is 92.0 Å². The highest BCUT2D eigenvalue weighted by Gasteiger charge is 2.39. The second-order valence-corrected chi connectivity index (χ2v) is 9.13. The van der Waals surface area contributed by atoms with Crippen molar-refractivity contribution in [1.82, 2.24) is 34.7 Å². The van der Waals surface area contributed by atoms with E-state index in [2.05, 4.69) is 46.4 Å². The minimum atomic E-state index is 0.193. The van der Waals surface area contributed by atoms with Crippen LogP contribution in [-0.2, 0) is 0 Å². The lowest BCUT2D eigenvalue weighted by molar-refractivity contribution is 0.467. The molecule has 0 amide bonds. The van der Waals surface area contributed by atoms with Crippen molar-refractivity contribution in [2.45, 2.75) is 58.0 Å². The first-order valence-electron chi connectivity index (χ1n) is 12.1. The Kier molecular flexibility index (Phi) is 5.07. The van der Waals surface area contributed by atoms with Crippen LogP contribution in [0, 0.1) is 6.92 Å². The minimum absolute atomic E-state index is 0.193. The lowest BCUT2D eigenvalue weighted by Crippen LogP contribution is -2.48. The standard InChI is InChI=1S/C23H30N10/c1-3-18-22-29-28-16(2)32(22)19-14-26-23(27-21(19)33(18)17-6-4-5-7-17)31-12-10-30(11-13-31)20-15-24-8-9-25-20/h8-9,14-15,17-18H,3-7,10-13H2,1-2H3/t18-/m1/s1. The highest BCUT2D eigenvalue weighted by atomic mass is 15.4. The first-order valence-corrected chi connectivity index (χ1v) is 12.1. The quantitative estimate of drug-likeness (QED) is 0.600. The summed E-state index contributed by atoms with van der Waals surface area (Å²) in [6.07, 6.45) is 13.2. The Morgan fingerprint density at radius 2 is 1.73 bits per heavy atom. The summed E-state index contributed by atoms with van der Waals surface area (Å²) in [5.74, 6) is 4.68. The lowest BCUT2D eigenvalue weighted by atomic mass is 10.0. The fraction of sp³-hybridized carbons (Fsp3) is 0.565. The van der Waals surface area contributed by atoms with Gasteiger partial charge in [0.05, 0.1) is 18.4 Å². The SMILES string of the molecule is CC[C@@H]1c2nnc(C)n2-c2cnc(N3CCN(c4cnccn4)CC3)nc2N1C1CCCC1. The number of hydrogen-bond donors (Lipinski definition) is 0. The second kappa shape index (κ2) is 8.24. The number of aromatic nitrogens is 7. The van der Waals surface area contributed by atoms with Crippen LogP contribution in [0.3, 0.4) is 0 Å². The molecule has 0 unspecified atom stereocenters. The van der Waals surface area contributed by atoms with E-state index in [1.165, 1.54) is 25.7 Å². The Morgan fingerprint density at radius 1 is 0.939 bits per heavy atom. The van der Waals surface area contributed by atoms with Crippen LogP contribution >= 0.6 is 0 Å². The average molecular weight is 447 g/mol. The van der Waals surface area contributed by atoms with Gasteiger partial charge in [0.1, 0.15) is 17.3 Å². The molecule has 1 atom stereocenters. The molecule has 0 bridgehead atoms. The number of hydrogen-bond acceptors (Lipinski definition) is 9. The van der Waals surface area contributed by atoms with Crippen LogP contribution in [-0.4, -0.2) is 66.9 Å². The molecule has 5 heterocycles. The summed E-state index contributed by atoms with van der Waals surface area (Å²) in [5.41, 5.74) is 1.01. The Balaban J connectivity index is 1.33. The molecule has 33 heavy (non-hydrogen) atoms. The first kappa shape index (κ1) is 20.3. The number of aryl methyl sites for hydroxylation is 1. The van der Waals surface area contributed by atoms with Gasteiger partial charge in [0, 0.05) is 44.6 Å². The summed E-state index contributed by atoms with van der Waals surface area (Å²) in [4.78, 5) is 25.8. The molecule has 10 heteroatoms. The molecule has 3 aromatic rings. The smallest absolute Gasteiger partial charge is 0.227 e. The predicted molar refractivity (Wildman–Crippen MR) is 126 cm³/mol. The molecule has 0 aromatic carbocycles. The van der Waals surface area contributed by atoms with Crippen LogP contribution < -0.4 is 14.7 Å². The maximum absolute atomic E-state index is 5.20. The van der Waals surface area contributed by atoms with Crippen LogP contribution in [0.4, 0.5) is 17.6 Å². The Morgan fingerprint density at radius 3 is 2.45 bits per heavy atom.